The Morgan fingerprint density at radius 3 is 2.65 bits per heavy atom. The summed E-state index contributed by atoms with van der Waals surface area (Å²) >= 11 is 1.30. The van der Waals surface area contributed by atoms with Gasteiger partial charge in [-0.1, -0.05) is 37.1 Å². The Bertz CT molecular complexity index is 968. The van der Waals surface area contributed by atoms with E-state index >= 15 is 0 Å². The molecule has 0 saturated carbocycles. The highest BCUT2D eigenvalue weighted by Crippen LogP contribution is 2.23. The number of carbonyl (C=O) groups is 2. The minimum atomic E-state index is -0.258. The molecule has 0 aliphatic rings. The molecule has 31 heavy (non-hydrogen) atoms. The van der Waals surface area contributed by atoms with Gasteiger partial charge in [0.2, 0.25) is 5.91 Å². The van der Waals surface area contributed by atoms with Crippen molar-refractivity contribution >= 4 is 23.2 Å². The van der Waals surface area contributed by atoms with Gasteiger partial charge < -0.3 is 21.4 Å². The van der Waals surface area contributed by atoms with Crippen LogP contribution in [0.25, 0.3) is 11.3 Å². The van der Waals surface area contributed by atoms with Crippen LogP contribution in [0.4, 0.5) is 0 Å². The number of unbranched alkanes of at least 4 members (excludes halogenated alkanes) is 2. The number of carbonyl (C=O) groups excluding carboxylic acids is 2. The zero-order valence-electron chi connectivity index (χ0n) is 17.6. The molecule has 1 aromatic carbocycles. The zero-order valence-corrected chi connectivity index (χ0v) is 18.4. The molecule has 164 valence electrons. The Balaban J connectivity index is 1.68. The molecule has 2 aromatic heterocycles. The van der Waals surface area contributed by atoms with E-state index in [2.05, 4.69) is 25.6 Å². The lowest BCUT2D eigenvalue weighted by Gasteiger charge is -2.16. The van der Waals surface area contributed by atoms with Crippen LogP contribution in [-0.2, 0) is 11.3 Å². The third kappa shape index (κ3) is 6.47. The van der Waals surface area contributed by atoms with Gasteiger partial charge in [-0.25, -0.2) is 4.98 Å². The van der Waals surface area contributed by atoms with E-state index in [0.717, 1.165) is 42.5 Å². The number of aromatic amines is 1. The first kappa shape index (κ1) is 22.6. The van der Waals surface area contributed by atoms with Crippen molar-refractivity contribution in [2.24, 2.45) is 5.73 Å². The lowest BCUT2D eigenvalue weighted by Crippen LogP contribution is -2.28. The minimum Gasteiger partial charge on any atom is -0.359 e. The Labute approximate surface area is 185 Å². The summed E-state index contributed by atoms with van der Waals surface area (Å²) in [7, 11) is 1.64. The molecule has 9 heteroatoms. The molecular weight excluding hydrogens is 412 g/mol. The van der Waals surface area contributed by atoms with Crippen molar-refractivity contribution in [3.05, 3.63) is 58.4 Å². The normalized spacial score (nSPS) is 11.8. The second kappa shape index (κ2) is 11.4. The lowest BCUT2D eigenvalue weighted by molar-refractivity contribution is -0.120. The van der Waals surface area contributed by atoms with Crippen LogP contribution in [0.1, 0.15) is 59.2 Å². The van der Waals surface area contributed by atoms with E-state index in [0.29, 0.717) is 23.7 Å². The summed E-state index contributed by atoms with van der Waals surface area (Å²) in [5.41, 5.74) is 10.3. The molecule has 1 atom stereocenters. The SMILES string of the molecule is CNC(=O)CCCCC[C@H](NC(=O)c1cncs1)c1ncc(-c2ccc(CN)cc2)[nH]1. The fraction of sp³-hybridized carbons (Fsp3) is 0.364. The van der Waals surface area contributed by atoms with E-state index in [1.807, 2.05) is 24.3 Å². The molecule has 0 aliphatic heterocycles. The van der Waals surface area contributed by atoms with Crippen LogP contribution in [0.2, 0.25) is 0 Å². The van der Waals surface area contributed by atoms with Crippen LogP contribution >= 0.6 is 11.3 Å². The number of nitrogens with one attached hydrogen (secondary N) is 3. The van der Waals surface area contributed by atoms with Crippen molar-refractivity contribution in [2.45, 2.75) is 44.7 Å². The summed E-state index contributed by atoms with van der Waals surface area (Å²) in [5, 5.41) is 5.71. The Morgan fingerprint density at radius 1 is 1.16 bits per heavy atom. The number of imidazole rings is 1. The van der Waals surface area contributed by atoms with Crippen LogP contribution in [0, 0.1) is 0 Å². The molecule has 0 bridgehead atoms. The van der Waals surface area contributed by atoms with E-state index in [4.69, 9.17) is 5.73 Å². The van der Waals surface area contributed by atoms with Crippen LogP contribution in [0.15, 0.2) is 42.2 Å². The van der Waals surface area contributed by atoms with Crippen molar-refractivity contribution in [2.75, 3.05) is 7.05 Å². The molecule has 3 aromatic rings. The number of hydrogen-bond acceptors (Lipinski definition) is 6. The van der Waals surface area contributed by atoms with Gasteiger partial charge in [-0.05, 0) is 24.0 Å². The number of H-pyrrole nitrogens is 1. The van der Waals surface area contributed by atoms with Gasteiger partial charge in [-0.15, -0.1) is 11.3 Å². The van der Waals surface area contributed by atoms with E-state index in [1.165, 1.54) is 11.3 Å². The van der Waals surface area contributed by atoms with E-state index in [9.17, 15) is 9.59 Å². The zero-order chi connectivity index (χ0) is 22.1. The first-order valence-electron chi connectivity index (χ1n) is 10.3. The maximum Gasteiger partial charge on any atom is 0.263 e. The smallest absolute Gasteiger partial charge is 0.263 e. The second-order valence-electron chi connectivity index (χ2n) is 7.25. The summed E-state index contributed by atoms with van der Waals surface area (Å²) in [4.78, 5) is 36.4. The molecule has 8 nitrogen and oxygen atoms in total. The number of benzene rings is 1. The molecule has 2 amide bonds. The summed E-state index contributed by atoms with van der Waals surface area (Å²) in [6.07, 6.45) is 7.15. The van der Waals surface area contributed by atoms with E-state index in [1.54, 1.807) is 25.0 Å². The summed E-state index contributed by atoms with van der Waals surface area (Å²) in [5.74, 6) is 0.594. The standard InChI is InChI=1S/C22H28N6O2S/c1-24-20(29)6-4-2-3-5-17(28-22(30)19-13-25-14-31-19)21-26-12-18(27-21)16-9-7-15(11-23)8-10-16/h7-10,12-14,17H,2-6,11,23H2,1H3,(H,24,29)(H,26,27)(H,28,30)/t17-/m0/s1. The molecule has 0 aliphatic carbocycles. The van der Waals surface area contributed by atoms with Gasteiger partial charge >= 0.3 is 0 Å². The first-order valence-corrected chi connectivity index (χ1v) is 11.2. The number of aromatic nitrogens is 3. The van der Waals surface area contributed by atoms with Crippen LogP contribution in [0.5, 0.6) is 0 Å². The van der Waals surface area contributed by atoms with Gasteiger partial charge in [-0.2, -0.15) is 0 Å². The van der Waals surface area contributed by atoms with Crippen molar-refractivity contribution in [1.82, 2.24) is 25.6 Å². The predicted molar refractivity (Wildman–Crippen MR) is 121 cm³/mol. The largest absolute Gasteiger partial charge is 0.359 e. The number of hydrogen-bond donors (Lipinski definition) is 4. The molecule has 0 fully saturated rings. The van der Waals surface area contributed by atoms with Crippen molar-refractivity contribution in [3.63, 3.8) is 0 Å². The van der Waals surface area contributed by atoms with Gasteiger partial charge in [-0.3, -0.25) is 14.6 Å². The van der Waals surface area contributed by atoms with Gasteiger partial charge in [0.15, 0.2) is 0 Å². The summed E-state index contributed by atoms with van der Waals surface area (Å²) < 4.78 is 0. The van der Waals surface area contributed by atoms with Gasteiger partial charge in [0.25, 0.3) is 5.91 Å². The molecule has 0 saturated heterocycles. The molecule has 3 rings (SSSR count). The highest BCUT2D eigenvalue weighted by Gasteiger charge is 2.20. The molecule has 2 heterocycles. The maximum atomic E-state index is 12.6. The Kier molecular flexibility index (Phi) is 8.31. The first-order chi connectivity index (χ1) is 15.1. The molecule has 0 radical (unpaired) electrons. The molecular formula is C22H28N6O2S. The second-order valence-corrected chi connectivity index (χ2v) is 8.13. The highest BCUT2D eigenvalue weighted by molar-refractivity contribution is 7.11. The van der Waals surface area contributed by atoms with E-state index < -0.39 is 0 Å². The summed E-state index contributed by atoms with van der Waals surface area (Å²) in [6.45, 7) is 0.500. The van der Waals surface area contributed by atoms with Gasteiger partial charge in [0.1, 0.15) is 10.7 Å². The number of nitrogens with two attached hydrogens (primary N) is 1. The Hall–Kier alpha value is -3.04. The average Bonchev–Trinajstić information content (AvgIpc) is 3.50. The molecule has 0 unspecified atom stereocenters. The molecule has 5 N–H and O–H groups in total. The fourth-order valence-electron chi connectivity index (χ4n) is 3.25. The van der Waals surface area contributed by atoms with Gasteiger partial charge in [0.05, 0.1) is 29.6 Å². The Morgan fingerprint density at radius 2 is 1.97 bits per heavy atom. The van der Waals surface area contributed by atoms with Crippen LogP contribution in [0.3, 0.4) is 0 Å². The van der Waals surface area contributed by atoms with Crippen molar-refractivity contribution in [3.8, 4) is 11.3 Å². The van der Waals surface area contributed by atoms with E-state index in [-0.39, 0.29) is 17.9 Å². The predicted octanol–water partition coefficient (Wildman–Crippen LogP) is 3.16. The van der Waals surface area contributed by atoms with Crippen molar-refractivity contribution < 1.29 is 9.59 Å². The highest BCUT2D eigenvalue weighted by atomic mass is 32.1. The van der Waals surface area contributed by atoms with Crippen molar-refractivity contribution in [1.29, 1.82) is 0 Å². The van der Waals surface area contributed by atoms with Gasteiger partial charge in [0, 0.05) is 20.0 Å². The number of nitrogens with zero attached hydrogens (tertiary/aromatic N) is 2. The monoisotopic (exact) mass is 440 g/mol. The maximum absolute atomic E-state index is 12.6. The third-order valence-corrected chi connectivity index (χ3v) is 5.83. The average molecular weight is 441 g/mol. The lowest BCUT2D eigenvalue weighted by atomic mass is 10.1. The molecule has 0 spiro atoms. The third-order valence-electron chi connectivity index (χ3n) is 5.06. The minimum absolute atomic E-state index is 0.0476. The van der Waals surface area contributed by atoms with Crippen LogP contribution < -0.4 is 16.4 Å². The summed E-state index contributed by atoms with van der Waals surface area (Å²) in [6, 6.07) is 7.73. The number of amides is 2. The topological polar surface area (TPSA) is 126 Å². The number of rotatable bonds is 11. The number of thiazole rings is 1. The van der Waals surface area contributed by atoms with Crippen LogP contribution in [-0.4, -0.2) is 33.8 Å². The fourth-order valence-corrected chi connectivity index (χ4v) is 3.77. The quantitative estimate of drug-likeness (QED) is 0.341.